The molecule has 1 unspecified atom stereocenters. The van der Waals surface area contributed by atoms with Crippen molar-refractivity contribution in [3.63, 3.8) is 0 Å². The van der Waals surface area contributed by atoms with Crippen LogP contribution in [0.4, 0.5) is 0 Å². The molecule has 0 saturated carbocycles. The summed E-state index contributed by atoms with van der Waals surface area (Å²) in [5.74, 6) is 1.49. The van der Waals surface area contributed by atoms with E-state index in [1.165, 1.54) is 0 Å². The molecule has 17 heavy (non-hydrogen) atoms. The summed E-state index contributed by atoms with van der Waals surface area (Å²) in [5.41, 5.74) is 1.94. The Morgan fingerprint density at radius 3 is 3.00 bits per heavy atom. The fourth-order valence-corrected chi connectivity index (χ4v) is 2.46. The number of fused-ring (bicyclic) bond motifs is 1. The van der Waals surface area contributed by atoms with E-state index in [-0.39, 0.29) is 5.75 Å². The third kappa shape index (κ3) is 1.85. The molecule has 2 N–H and O–H groups in total. The van der Waals surface area contributed by atoms with E-state index < -0.39 is 0 Å². The number of phenols is 1. The number of nitrogens with zero attached hydrogens (tertiary/aromatic N) is 2. The highest BCUT2D eigenvalue weighted by atomic mass is 16.3. The Morgan fingerprint density at radius 2 is 2.24 bits per heavy atom. The second kappa shape index (κ2) is 3.96. The molecule has 2 aromatic rings. The standard InChI is InChI=1S/C13H15N3O/c1-8-15-12-6-10(17)2-3-11(12)13(16-8)9-4-5-14-7-9/h2-3,6,9,14,17H,4-5,7H2,1H3. The van der Waals surface area contributed by atoms with Gasteiger partial charge in [-0.15, -0.1) is 0 Å². The molecule has 88 valence electrons. The van der Waals surface area contributed by atoms with Crippen LogP contribution in [0.2, 0.25) is 0 Å². The molecule has 4 nitrogen and oxygen atoms in total. The first-order valence-corrected chi connectivity index (χ1v) is 5.92. The van der Waals surface area contributed by atoms with Gasteiger partial charge < -0.3 is 10.4 Å². The fraction of sp³-hybridized carbons (Fsp3) is 0.385. The van der Waals surface area contributed by atoms with Crippen molar-refractivity contribution in [1.82, 2.24) is 15.3 Å². The van der Waals surface area contributed by atoms with Gasteiger partial charge in [-0.05, 0) is 32.0 Å². The van der Waals surface area contributed by atoms with Gasteiger partial charge >= 0.3 is 0 Å². The van der Waals surface area contributed by atoms with Crippen molar-refractivity contribution in [2.75, 3.05) is 13.1 Å². The van der Waals surface area contributed by atoms with E-state index in [0.717, 1.165) is 41.9 Å². The molecule has 1 aliphatic rings. The maximum atomic E-state index is 9.50. The first-order valence-electron chi connectivity index (χ1n) is 5.92. The summed E-state index contributed by atoms with van der Waals surface area (Å²) in [6.07, 6.45) is 1.12. The van der Waals surface area contributed by atoms with Crippen LogP contribution in [0, 0.1) is 6.92 Å². The molecule has 2 heterocycles. The van der Waals surface area contributed by atoms with Crippen molar-refractivity contribution in [3.05, 3.63) is 29.7 Å². The minimum Gasteiger partial charge on any atom is -0.508 e. The van der Waals surface area contributed by atoms with Gasteiger partial charge in [0.05, 0.1) is 11.2 Å². The van der Waals surface area contributed by atoms with E-state index in [1.807, 2.05) is 13.0 Å². The Labute approximate surface area is 99.7 Å². The van der Waals surface area contributed by atoms with Crippen molar-refractivity contribution in [1.29, 1.82) is 0 Å². The largest absolute Gasteiger partial charge is 0.508 e. The van der Waals surface area contributed by atoms with E-state index in [1.54, 1.807) is 12.1 Å². The monoisotopic (exact) mass is 229 g/mol. The molecule has 0 spiro atoms. The molecule has 0 bridgehead atoms. The molecule has 3 rings (SSSR count). The minimum absolute atomic E-state index is 0.256. The average molecular weight is 229 g/mol. The first kappa shape index (κ1) is 10.5. The van der Waals surface area contributed by atoms with E-state index in [9.17, 15) is 5.11 Å². The Hall–Kier alpha value is -1.68. The number of benzene rings is 1. The number of nitrogens with one attached hydrogen (secondary N) is 1. The van der Waals surface area contributed by atoms with Gasteiger partial charge in [0.2, 0.25) is 0 Å². The van der Waals surface area contributed by atoms with Crippen LogP contribution in [0.1, 0.15) is 23.9 Å². The maximum Gasteiger partial charge on any atom is 0.126 e. The molecule has 1 saturated heterocycles. The van der Waals surface area contributed by atoms with Crippen molar-refractivity contribution < 1.29 is 5.11 Å². The molecule has 1 aliphatic heterocycles. The smallest absolute Gasteiger partial charge is 0.126 e. The highest BCUT2D eigenvalue weighted by molar-refractivity contribution is 5.82. The van der Waals surface area contributed by atoms with Gasteiger partial charge in [-0.3, -0.25) is 0 Å². The van der Waals surface area contributed by atoms with Crippen LogP contribution in [-0.4, -0.2) is 28.2 Å². The van der Waals surface area contributed by atoms with Gasteiger partial charge in [-0.25, -0.2) is 9.97 Å². The van der Waals surface area contributed by atoms with Crippen LogP contribution >= 0.6 is 0 Å². The topological polar surface area (TPSA) is 58.0 Å². The second-order valence-electron chi connectivity index (χ2n) is 4.55. The summed E-state index contributed by atoms with van der Waals surface area (Å²) in [4.78, 5) is 8.96. The van der Waals surface area contributed by atoms with E-state index >= 15 is 0 Å². The van der Waals surface area contributed by atoms with Gasteiger partial charge in [0.25, 0.3) is 0 Å². The Bertz CT molecular complexity index is 557. The summed E-state index contributed by atoms with van der Waals surface area (Å²) >= 11 is 0. The van der Waals surface area contributed by atoms with Gasteiger partial charge in [-0.1, -0.05) is 0 Å². The maximum absolute atomic E-state index is 9.50. The molecule has 4 heteroatoms. The van der Waals surface area contributed by atoms with Crippen LogP contribution in [-0.2, 0) is 0 Å². The lowest BCUT2D eigenvalue weighted by molar-refractivity contribution is 0.476. The molecule has 1 aromatic heterocycles. The molecule has 0 radical (unpaired) electrons. The molecule has 1 aromatic carbocycles. The lowest BCUT2D eigenvalue weighted by Crippen LogP contribution is -2.10. The number of hydrogen-bond donors (Lipinski definition) is 2. The summed E-state index contributed by atoms with van der Waals surface area (Å²) in [5, 5.41) is 13.9. The van der Waals surface area contributed by atoms with E-state index in [4.69, 9.17) is 0 Å². The van der Waals surface area contributed by atoms with Crippen LogP contribution in [0.15, 0.2) is 18.2 Å². The van der Waals surface area contributed by atoms with E-state index in [2.05, 4.69) is 15.3 Å². The number of hydrogen-bond acceptors (Lipinski definition) is 4. The van der Waals surface area contributed by atoms with Gasteiger partial charge in [0, 0.05) is 23.9 Å². The molecular formula is C13H15N3O. The first-order chi connectivity index (χ1) is 8.24. The second-order valence-corrected chi connectivity index (χ2v) is 4.55. The number of phenolic OH excluding ortho intramolecular Hbond substituents is 1. The number of rotatable bonds is 1. The Balaban J connectivity index is 2.21. The average Bonchev–Trinajstić information content (AvgIpc) is 2.80. The zero-order chi connectivity index (χ0) is 11.8. The summed E-state index contributed by atoms with van der Waals surface area (Å²) in [6.45, 7) is 3.93. The molecular weight excluding hydrogens is 214 g/mol. The minimum atomic E-state index is 0.256. The number of aromatic nitrogens is 2. The molecule has 0 amide bonds. The third-order valence-electron chi connectivity index (χ3n) is 3.27. The van der Waals surface area contributed by atoms with Crippen LogP contribution < -0.4 is 5.32 Å². The molecule has 0 aliphatic carbocycles. The zero-order valence-electron chi connectivity index (χ0n) is 9.77. The summed E-state index contributed by atoms with van der Waals surface area (Å²) in [7, 11) is 0. The summed E-state index contributed by atoms with van der Waals surface area (Å²) < 4.78 is 0. The SMILES string of the molecule is Cc1nc(C2CCNC2)c2ccc(O)cc2n1. The molecule has 1 atom stereocenters. The van der Waals surface area contributed by atoms with Crippen LogP contribution in [0.3, 0.4) is 0 Å². The van der Waals surface area contributed by atoms with Crippen molar-refractivity contribution >= 4 is 10.9 Å². The lowest BCUT2D eigenvalue weighted by atomic mass is 10.00. The fourth-order valence-electron chi connectivity index (χ4n) is 2.46. The van der Waals surface area contributed by atoms with Crippen molar-refractivity contribution in [2.45, 2.75) is 19.3 Å². The Morgan fingerprint density at radius 1 is 1.35 bits per heavy atom. The third-order valence-corrected chi connectivity index (χ3v) is 3.27. The lowest BCUT2D eigenvalue weighted by Gasteiger charge is -2.12. The van der Waals surface area contributed by atoms with Gasteiger partial charge in [-0.2, -0.15) is 0 Å². The van der Waals surface area contributed by atoms with Crippen LogP contribution in [0.5, 0.6) is 5.75 Å². The van der Waals surface area contributed by atoms with E-state index in [0.29, 0.717) is 5.92 Å². The van der Waals surface area contributed by atoms with Gasteiger partial charge in [0.1, 0.15) is 11.6 Å². The number of aromatic hydroxyl groups is 1. The summed E-state index contributed by atoms with van der Waals surface area (Å²) in [6, 6.07) is 5.32. The number of aryl methyl sites for hydroxylation is 1. The van der Waals surface area contributed by atoms with Crippen molar-refractivity contribution in [3.8, 4) is 5.75 Å². The molecule has 1 fully saturated rings. The van der Waals surface area contributed by atoms with Crippen LogP contribution in [0.25, 0.3) is 10.9 Å². The normalized spacial score (nSPS) is 19.9. The predicted octanol–water partition coefficient (Wildman–Crippen LogP) is 1.72. The highest BCUT2D eigenvalue weighted by Gasteiger charge is 2.21. The quantitative estimate of drug-likeness (QED) is 0.781. The predicted molar refractivity (Wildman–Crippen MR) is 66.2 cm³/mol. The van der Waals surface area contributed by atoms with Gasteiger partial charge in [0.15, 0.2) is 0 Å². The zero-order valence-corrected chi connectivity index (χ0v) is 9.77. The Kier molecular flexibility index (Phi) is 2.44. The highest BCUT2D eigenvalue weighted by Crippen LogP contribution is 2.28. The van der Waals surface area contributed by atoms with Crippen molar-refractivity contribution in [2.24, 2.45) is 0 Å².